The first-order valence-electron chi connectivity index (χ1n) is 7.36. The zero-order valence-corrected chi connectivity index (χ0v) is 13.5. The maximum atomic E-state index is 9.35. The molecule has 1 aromatic heterocycles. The summed E-state index contributed by atoms with van der Waals surface area (Å²) in [5, 5.41) is 9.35. The molecule has 1 aliphatic rings. The number of anilines is 2. The van der Waals surface area contributed by atoms with Gasteiger partial charge in [0.05, 0.1) is 0 Å². The van der Waals surface area contributed by atoms with E-state index < -0.39 is 0 Å². The number of hydrogen-bond acceptors (Lipinski definition) is 6. The molecule has 0 unspecified atom stereocenters. The number of aromatic hydroxyl groups is 1. The molecule has 2 heterocycles. The fraction of sp³-hybridized carbons (Fsp3) is 0.375. The zero-order chi connectivity index (χ0) is 15.4. The van der Waals surface area contributed by atoms with Gasteiger partial charge < -0.3 is 14.9 Å². The lowest BCUT2D eigenvalue weighted by molar-refractivity contribution is 0.475. The van der Waals surface area contributed by atoms with Crippen molar-refractivity contribution >= 4 is 23.4 Å². The van der Waals surface area contributed by atoms with Gasteiger partial charge in [-0.2, -0.15) is 11.8 Å². The maximum Gasteiger partial charge on any atom is 0.134 e. The second-order valence-corrected chi connectivity index (χ2v) is 6.58. The largest absolute Gasteiger partial charge is 0.508 e. The van der Waals surface area contributed by atoms with Gasteiger partial charge in [-0.05, 0) is 17.7 Å². The SMILES string of the molecule is CN(Cc1ccc(O)cc1)c1cc(N2CCSCC2)ncn1. The lowest BCUT2D eigenvalue weighted by Crippen LogP contribution is -2.33. The number of benzene rings is 1. The molecule has 0 amide bonds. The van der Waals surface area contributed by atoms with Crippen molar-refractivity contribution in [2.45, 2.75) is 6.54 Å². The van der Waals surface area contributed by atoms with Gasteiger partial charge in [0.1, 0.15) is 23.7 Å². The van der Waals surface area contributed by atoms with Crippen molar-refractivity contribution in [2.75, 3.05) is 41.4 Å². The van der Waals surface area contributed by atoms with E-state index in [2.05, 4.69) is 25.8 Å². The molecule has 0 atom stereocenters. The molecule has 0 spiro atoms. The Balaban J connectivity index is 1.71. The van der Waals surface area contributed by atoms with Crippen molar-refractivity contribution in [2.24, 2.45) is 0 Å². The quantitative estimate of drug-likeness (QED) is 0.934. The molecule has 1 fully saturated rings. The minimum Gasteiger partial charge on any atom is -0.508 e. The third-order valence-corrected chi connectivity index (χ3v) is 4.66. The van der Waals surface area contributed by atoms with E-state index in [1.54, 1.807) is 18.5 Å². The lowest BCUT2D eigenvalue weighted by Gasteiger charge is -2.28. The van der Waals surface area contributed by atoms with Crippen LogP contribution in [0.1, 0.15) is 5.56 Å². The first-order valence-corrected chi connectivity index (χ1v) is 8.51. The standard InChI is InChI=1S/C16H20N4OS/c1-19(11-13-2-4-14(21)5-3-13)15-10-16(18-12-17-15)20-6-8-22-9-7-20/h2-5,10,12,21H,6-9,11H2,1H3. The number of hydrogen-bond donors (Lipinski definition) is 1. The van der Waals surface area contributed by atoms with Crippen molar-refractivity contribution in [3.8, 4) is 5.75 Å². The third-order valence-electron chi connectivity index (χ3n) is 3.72. The van der Waals surface area contributed by atoms with Crippen LogP contribution < -0.4 is 9.80 Å². The Morgan fingerprint density at radius 2 is 1.91 bits per heavy atom. The van der Waals surface area contributed by atoms with Crippen molar-refractivity contribution in [3.05, 3.63) is 42.2 Å². The monoisotopic (exact) mass is 316 g/mol. The van der Waals surface area contributed by atoms with Crippen LogP contribution in [-0.2, 0) is 6.54 Å². The van der Waals surface area contributed by atoms with Crippen LogP contribution in [-0.4, -0.2) is 46.7 Å². The van der Waals surface area contributed by atoms with Crippen LogP contribution in [0.2, 0.25) is 0 Å². The molecule has 0 aliphatic carbocycles. The van der Waals surface area contributed by atoms with E-state index in [-0.39, 0.29) is 0 Å². The van der Waals surface area contributed by atoms with Crippen LogP contribution in [0.4, 0.5) is 11.6 Å². The molecule has 22 heavy (non-hydrogen) atoms. The number of phenols is 1. The predicted molar refractivity (Wildman–Crippen MR) is 91.8 cm³/mol. The van der Waals surface area contributed by atoms with Crippen molar-refractivity contribution < 1.29 is 5.11 Å². The molecule has 3 rings (SSSR count). The van der Waals surface area contributed by atoms with Gasteiger partial charge in [0, 0.05) is 44.3 Å². The Bertz CT molecular complexity index is 614. The number of nitrogens with zero attached hydrogens (tertiary/aromatic N) is 4. The molecular weight excluding hydrogens is 296 g/mol. The van der Waals surface area contributed by atoms with Crippen molar-refractivity contribution in [1.29, 1.82) is 0 Å². The van der Waals surface area contributed by atoms with Crippen LogP contribution in [0.3, 0.4) is 0 Å². The highest BCUT2D eigenvalue weighted by molar-refractivity contribution is 7.99. The Morgan fingerprint density at radius 3 is 2.64 bits per heavy atom. The van der Waals surface area contributed by atoms with Gasteiger partial charge in [0.15, 0.2) is 0 Å². The second-order valence-electron chi connectivity index (χ2n) is 5.36. The Morgan fingerprint density at radius 1 is 1.18 bits per heavy atom. The predicted octanol–water partition coefficient (Wildman–Crippen LogP) is 2.37. The summed E-state index contributed by atoms with van der Waals surface area (Å²) >= 11 is 1.99. The molecule has 1 saturated heterocycles. The third kappa shape index (κ3) is 3.62. The van der Waals surface area contributed by atoms with Crippen LogP contribution in [0.15, 0.2) is 36.7 Å². The highest BCUT2D eigenvalue weighted by Crippen LogP contribution is 2.21. The number of aromatic nitrogens is 2. The summed E-state index contributed by atoms with van der Waals surface area (Å²) in [4.78, 5) is 13.2. The van der Waals surface area contributed by atoms with Crippen LogP contribution in [0, 0.1) is 0 Å². The van der Waals surface area contributed by atoms with Gasteiger partial charge >= 0.3 is 0 Å². The zero-order valence-electron chi connectivity index (χ0n) is 12.6. The van der Waals surface area contributed by atoms with E-state index in [0.29, 0.717) is 5.75 Å². The van der Waals surface area contributed by atoms with Gasteiger partial charge in [-0.1, -0.05) is 12.1 Å². The summed E-state index contributed by atoms with van der Waals surface area (Å²) in [6.07, 6.45) is 1.64. The molecule has 0 saturated carbocycles. The normalized spacial score (nSPS) is 14.9. The van der Waals surface area contributed by atoms with E-state index in [1.165, 1.54) is 0 Å². The van der Waals surface area contributed by atoms with Gasteiger partial charge in [0.25, 0.3) is 0 Å². The molecule has 1 N–H and O–H groups in total. The van der Waals surface area contributed by atoms with Gasteiger partial charge in [-0.25, -0.2) is 9.97 Å². The van der Waals surface area contributed by atoms with Crippen LogP contribution in [0.5, 0.6) is 5.75 Å². The average molecular weight is 316 g/mol. The summed E-state index contributed by atoms with van der Waals surface area (Å²) < 4.78 is 0. The highest BCUT2D eigenvalue weighted by atomic mass is 32.2. The summed E-state index contributed by atoms with van der Waals surface area (Å²) in [5.41, 5.74) is 1.13. The summed E-state index contributed by atoms with van der Waals surface area (Å²) in [6.45, 7) is 2.83. The summed E-state index contributed by atoms with van der Waals surface area (Å²) in [7, 11) is 2.02. The fourth-order valence-corrected chi connectivity index (χ4v) is 3.37. The lowest BCUT2D eigenvalue weighted by atomic mass is 10.2. The van der Waals surface area contributed by atoms with Crippen LogP contribution >= 0.6 is 11.8 Å². The molecule has 1 aliphatic heterocycles. The molecule has 5 nitrogen and oxygen atoms in total. The van der Waals surface area contributed by atoms with E-state index in [1.807, 2.05) is 30.9 Å². The van der Waals surface area contributed by atoms with Crippen molar-refractivity contribution in [1.82, 2.24) is 9.97 Å². The van der Waals surface area contributed by atoms with Gasteiger partial charge in [-0.3, -0.25) is 0 Å². The highest BCUT2D eigenvalue weighted by Gasteiger charge is 2.14. The topological polar surface area (TPSA) is 52.5 Å². The van der Waals surface area contributed by atoms with Crippen molar-refractivity contribution in [3.63, 3.8) is 0 Å². The number of thioether (sulfide) groups is 1. The molecular formula is C16H20N4OS. The summed E-state index contributed by atoms with van der Waals surface area (Å²) in [6, 6.07) is 9.32. The Kier molecular flexibility index (Phi) is 4.68. The van der Waals surface area contributed by atoms with Crippen LogP contribution in [0.25, 0.3) is 0 Å². The minimum absolute atomic E-state index is 0.290. The number of rotatable bonds is 4. The molecule has 0 bridgehead atoms. The molecule has 0 radical (unpaired) electrons. The van der Waals surface area contributed by atoms with E-state index in [0.717, 1.165) is 48.3 Å². The first kappa shape index (κ1) is 15.0. The van der Waals surface area contributed by atoms with E-state index >= 15 is 0 Å². The average Bonchev–Trinajstić information content (AvgIpc) is 2.58. The smallest absolute Gasteiger partial charge is 0.134 e. The number of phenolic OH excluding ortho intramolecular Hbond substituents is 1. The van der Waals surface area contributed by atoms with E-state index in [4.69, 9.17) is 0 Å². The molecule has 116 valence electrons. The van der Waals surface area contributed by atoms with E-state index in [9.17, 15) is 5.11 Å². The molecule has 6 heteroatoms. The maximum absolute atomic E-state index is 9.35. The Labute approximate surface area is 135 Å². The van der Waals surface area contributed by atoms with Gasteiger partial charge in [0.2, 0.25) is 0 Å². The Hall–Kier alpha value is -1.95. The van der Waals surface area contributed by atoms with Gasteiger partial charge in [-0.15, -0.1) is 0 Å². The molecule has 2 aromatic rings. The first-order chi connectivity index (χ1) is 10.7. The molecule has 1 aromatic carbocycles. The minimum atomic E-state index is 0.290. The summed E-state index contributed by atoms with van der Waals surface area (Å²) in [5.74, 6) is 4.52. The fourth-order valence-electron chi connectivity index (χ4n) is 2.47. The second kappa shape index (κ2) is 6.87.